The molecule has 0 spiro atoms. The summed E-state index contributed by atoms with van der Waals surface area (Å²) in [6.07, 6.45) is 3.14. The third-order valence-corrected chi connectivity index (χ3v) is 5.49. The van der Waals surface area contributed by atoms with Gasteiger partial charge in [-0.25, -0.2) is 12.8 Å². The van der Waals surface area contributed by atoms with Gasteiger partial charge in [0, 0.05) is 19.1 Å². The predicted octanol–water partition coefficient (Wildman–Crippen LogP) is 2.28. The first-order valence-electron chi connectivity index (χ1n) is 6.22. The van der Waals surface area contributed by atoms with E-state index in [1.165, 1.54) is 16.4 Å². The molecule has 1 aliphatic rings. The number of rotatable bonds is 6. The molecule has 0 unspecified atom stereocenters. The number of hydrogen-bond donors (Lipinski definition) is 1. The van der Waals surface area contributed by atoms with Crippen molar-refractivity contribution < 1.29 is 12.8 Å². The highest BCUT2D eigenvalue weighted by atomic mass is 35.5. The molecule has 0 heterocycles. The summed E-state index contributed by atoms with van der Waals surface area (Å²) in [5, 5.41) is -0.131. The molecule has 0 atom stereocenters. The lowest BCUT2D eigenvalue weighted by molar-refractivity contribution is 0.435. The van der Waals surface area contributed by atoms with E-state index in [0.717, 1.165) is 18.9 Å². The topological polar surface area (TPSA) is 63.4 Å². The van der Waals surface area contributed by atoms with Crippen molar-refractivity contribution in [2.45, 2.75) is 30.3 Å². The fourth-order valence-electron chi connectivity index (χ4n) is 1.98. The molecule has 4 nitrogen and oxygen atoms in total. The first kappa shape index (κ1) is 15.4. The number of sulfonamides is 1. The van der Waals surface area contributed by atoms with Gasteiger partial charge in [0.1, 0.15) is 5.82 Å². The van der Waals surface area contributed by atoms with Gasteiger partial charge in [-0.2, -0.15) is 4.31 Å². The van der Waals surface area contributed by atoms with E-state index in [9.17, 15) is 12.8 Å². The standard InChI is InChI=1S/C13H16ClFN2O2S/c1-2-5-17(10-3-4-10)20(18,19)11-6-9(8-16)13(14)12(15)7-11/h2,6-7,10H,1,3-5,8,16H2. The highest BCUT2D eigenvalue weighted by Crippen LogP contribution is 2.33. The van der Waals surface area contributed by atoms with E-state index in [0.29, 0.717) is 0 Å². The number of halogens is 2. The molecule has 110 valence electrons. The minimum Gasteiger partial charge on any atom is -0.326 e. The third-order valence-electron chi connectivity index (χ3n) is 3.17. The average molecular weight is 319 g/mol. The molecule has 0 radical (unpaired) electrons. The van der Waals surface area contributed by atoms with Crippen LogP contribution in [-0.4, -0.2) is 25.3 Å². The third kappa shape index (κ3) is 2.88. The molecule has 20 heavy (non-hydrogen) atoms. The maximum absolute atomic E-state index is 13.7. The molecule has 0 amide bonds. The highest BCUT2D eigenvalue weighted by Gasteiger charge is 2.37. The van der Waals surface area contributed by atoms with Crippen LogP contribution in [0.3, 0.4) is 0 Å². The Balaban J connectivity index is 2.47. The molecular weight excluding hydrogens is 303 g/mol. The normalized spacial score (nSPS) is 15.6. The second kappa shape index (κ2) is 5.81. The lowest BCUT2D eigenvalue weighted by Crippen LogP contribution is -2.33. The predicted molar refractivity (Wildman–Crippen MR) is 76.4 cm³/mol. The smallest absolute Gasteiger partial charge is 0.243 e. The first-order chi connectivity index (χ1) is 9.41. The maximum atomic E-state index is 13.7. The zero-order chi connectivity index (χ0) is 14.9. The fraction of sp³-hybridized carbons (Fsp3) is 0.385. The van der Waals surface area contributed by atoms with E-state index in [2.05, 4.69) is 6.58 Å². The van der Waals surface area contributed by atoms with E-state index < -0.39 is 15.8 Å². The zero-order valence-electron chi connectivity index (χ0n) is 10.9. The molecule has 2 rings (SSSR count). The van der Waals surface area contributed by atoms with Crippen molar-refractivity contribution in [3.05, 3.63) is 41.2 Å². The van der Waals surface area contributed by atoms with Gasteiger partial charge >= 0.3 is 0 Å². The minimum absolute atomic E-state index is 0.0238. The largest absolute Gasteiger partial charge is 0.326 e. The minimum atomic E-state index is -3.76. The molecule has 1 aromatic carbocycles. The van der Waals surface area contributed by atoms with Crippen LogP contribution in [0, 0.1) is 5.82 Å². The van der Waals surface area contributed by atoms with Crippen molar-refractivity contribution in [3.63, 3.8) is 0 Å². The molecule has 0 aromatic heterocycles. The lowest BCUT2D eigenvalue weighted by atomic mass is 10.2. The summed E-state index contributed by atoms with van der Waals surface area (Å²) in [6, 6.07) is 2.24. The Morgan fingerprint density at radius 3 is 2.65 bits per heavy atom. The van der Waals surface area contributed by atoms with Crippen LogP contribution in [0.15, 0.2) is 29.7 Å². The molecule has 1 aliphatic carbocycles. The van der Waals surface area contributed by atoms with E-state index >= 15 is 0 Å². The van der Waals surface area contributed by atoms with Crippen molar-refractivity contribution >= 4 is 21.6 Å². The second-order valence-corrected chi connectivity index (χ2v) is 6.95. The van der Waals surface area contributed by atoms with Crippen LogP contribution in [-0.2, 0) is 16.6 Å². The Morgan fingerprint density at radius 2 is 2.15 bits per heavy atom. The lowest BCUT2D eigenvalue weighted by Gasteiger charge is -2.21. The SMILES string of the molecule is C=CCN(C1CC1)S(=O)(=O)c1cc(F)c(Cl)c(CN)c1. The molecule has 0 saturated heterocycles. The summed E-state index contributed by atoms with van der Waals surface area (Å²) in [5.74, 6) is -0.775. The molecule has 1 saturated carbocycles. The Bertz CT molecular complexity index is 630. The van der Waals surface area contributed by atoms with Gasteiger partial charge in [0.05, 0.1) is 9.92 Å². The Morgan fingerprint density at radius 1 is 1.50 bits per heavy atom. The molecule has 0 aliphatic heterocycles. The van der Waals surface area contributed by atoms with E-state index in [4.69, 9.17) is 17.3 Å². The summed E-state index contributed by atoms with van der Waals surface area (Å²) in [4.78, 5) is -0.117. The number of nitrogens with zero attached hydrogens (tertiary/aromatic N) is 1. The van der Waals surface area contributed by atoms with Crippen LogP contribution in [0.2, 0.25) is 5.02 Å². The van der Waals surface area contributed by atoms with Gasteiger partial charge in [-0.05, 0) is 30.5 Å². The van der Waals surface area contributed by atoms with E-state index in [1.54, 1.807) is 0 Å². The fourth-order valence-corrected chi connectivity index (χ4v) is 3.89. The van der Waals surface area contributed by atoms with Gasteiger partial charge in [0.15, 0.2) is 0 Å². The van der Waals surface area contributed by atoms with Gasteiger partial charge in [0.25, 0.3) is 0 Å². The molecule has 7 heteroatoms. The molecule has 1 aromatic rings. The average Bonchev–Trinajstić information content (AvgIpc) is 3.22. The summed E-state index contributed by atoms with van der Waals surface area (Å²) in [6.45, 7) is 3.74. The van der Waals surface area contributed by atoms with Crippen LogP contribution in [0.25, 0.3) is 0 Å². The Labute approximate surface area is 123 Å². The van der Waals surface area contributed by atoms with E-state index in [-0.39, 0.29) is 34.6 Å². The van der Waals surface area contributed by atoms with Crippen LogP contribution in [0.4, 0.5) is 4.39 Å². The molecule has 2 N–H and O–H groups in total. The van der Waals surface area contributed by atoms with Gasteiger partial charge in [0.2, 0.25) is 10.0 Å². The van der Waals surface area contributed by atoms with Gasteiger partial charge < -0.3 is 5.73 Å². The van der Waals surface area contributed by atoms with Gasteiger partial charge in [-0.15, -0.1) is 6.58 Å². The number of nitrogens with two attached hydrogens (primary N) is 1. The second-order valence-electron chi connectivity index (χ2n) is 4.68. The highest BCUT2D eigenvalue weighted by molar-refractivity contribution is 7.89. The van der Waals surface area contributed by atoms with Crippen molar-refractivity contribution in [1.82, 2.24) is 4.31 Å². The maximum Gasteiger partial charge on any atom is 0.243 e. The molecule has 1 fully saturated rings. The van der Waals surface area contributed by atoms with Crippen molar-refractivity contribution in [2.75, 3.05) is 6.54 Å². The monoisotopic (exact) mass is 318 g/mol. The number of benzene rings is 1. The Kier molecular flexibility index (Phi) is 4.49. The van der Waals surface area contributed by atoms with E-state index in [1.807, 2.05) is 0 Å². The van der Waals surface area contributed by atoms with Crippen molar-refractivity contribution in [2.24, 2.45) is 5.73 Å². The Hall–Kier alpha value is -0.950. The van der Waals surface area contributed by atoms with Gasteiger partial charge in [-0.1, -0.05) is 17.7 Å². The molecule has 0 bridgehead atoms. The van der Waals surface area contributed by atoms with Crippen molar-refractivity contribution in [1.29, 1.82) is 0 Å². The van der Waals surface area contributed by atoms with Crippen LogP contribution in [0.1, 0.15) is 18.4 Å². The van der Waals surface area contributed by atoms with Gasteiger partial charge in [-0.3, -0.25) is 0 Å². The molecular formula is C13H16ClFN2O2S. The summed E-state index contributed by atoms with van der Waals surface area (Å²) >= 11 is 5.75. The number of hydrogen-bond acceptors (Lipinski definition) is 3. The summed E-state index contributed by atoms with van der Waals surface area (Å²) in [7, 11) is -3.76. The zero-order valence-corrected chi connectivity index (χ0v) is 12.4. The first-order valence-corrected chi connectivity index (χ1v) is 8.04. The summed E-state index contributed by atoms with van der Waals surface area (Å²) in [5.41, 5.74) is 5.74. The van der Waals surface area contributed by atoms with Crippen LogP contribution >= 0.6 is 11.6 Å². The van der Waals surface area contributed by atoms with Crippen LogP contribution < -0.4 is 5.73 Å². The summed E-state index contributed by atoms with van der Waals surface area (Å²) < 4.78 is 40.2. The quantitative estimate of drug-likeness (QED) is 0.818. The van der Waals surface area contributed by atoms with Crippen LogP contribution in [0.5, 0.6) is 0 Å². The van der Waals surface area contributed by atoms with Crippen molar-refractivity contribution in [3.8, 4) is 0 Å².